The van der Waals surface area contributed by atoms with Gasteiger partial charge in [0.25, 0.3) is 0 Å². The average Bonchev–Trinajstić information content (AvgIpc) is 3.30. The molecule has 0 bridgehead atoms. The van der Waals surface area contributed by atoms with E-state index in [9.17, 15) is 14.7 Å². The highest BCUT2D eigenvalue weighted by atomic mass is 16.7. The lowest BCUT2D eigenvalue weighted by atomic mass is 9.90. The molecule has 32 heavy (non-hydrogen) atoms. The summed E-state index contributed by atoms with van der Waals surface area (Å²) in [7, 11) is 0. The highest BCUT2D eigenvalue weighted by Crippen LogP contribution is 2.32. The van der Waals surface area contributed by atoms with Crippen LogP contribution in [0.25, 0.3) is 0 Å². The van der Waals surface area contributed by atoms with E-state index < -0.39 is 24.5 Å². The van der Waals surface area contributed by atoms with Crippen molar-refractivity contribution in [3.05, 3.63) is 95.6 Å². The molecule has 2 amide bonds. The van der Waals surface area contributed by atoms with Crippen molar-refractivity contribution in [1.29, 1.82) is 0 Å². The number of fused-ring (bicyclic) bond motifs is 1. The molecule has 3 aromatic carbocycles. The van der Waals surface area contributed by atoms with E-state index in [0.29, 0.717) is 11.5 Å². The standard InChI is InChI=1S/C25H24N2O5/c28-15-20(24(29)26-14-17-11-12-21-22(13-17)32-16-31-21)27-25(30)23(18-7-3-1-4-8-18)19-9-5-2-6-10-19/h1-13,20,23,28H,14-16H2,(H,26,29)(H,27,30)/t20-/m0/s1. The summed E-state index contributed by atoms with van der Waals surface area (Å²) in [6.07, 6.45) is 0. The number of rotatable bonds is 8. The van der Waals surface area contributed by atoms with Crippen LogP contribution in [-0.4, -0.2) is 36.4 Å². The number of hydrogen-bond acceptors (Lipinski definition) is 5. The summed E-state index contributed by atoms with van der Waals surface area (Å²) >= 11 is 0. The summed E-state index contributed by atoms with van der Waals surface area (Å²) in [5.41, 5.74) is 2.42. The molecular weight excluding hydrogens is 408 g/mol. The molecule has 0 saturated carbocycles. The molecular formula is C25H24N2O5. The Morgan fingerprint density at radius 1 is 0.844 bits per heavy atom. The Hall–Kier alpha value is -3.84. The third kappa shape index (κ3) is 4.90. The molecule has 1 atom stereocenters. The maximum atomic E-state index is 13.2. The number of nitrogens with one attached hydrogen (secondary N) is 2. The summed E-state index contributed by atoms with van der Waals surface area (Å²) in [6.45, 7) is -0.120. The first kappa shape index (κ1) is 21.4. The number of aliphatic hydroxyl groups is 1. The van der Waals surface area contributed by atoms with E-state index in [0.717, 1.165) is 16.7 Å². The van der Waals surface area contributed by atoms with Crippen LogP contribution in [0.4, 0.5) is 0 Å². The van der Waals surface area contributed by atoms with Crippen molar-refractivity contribution in [2.24, 2.45) is 0 Å². The van der Waals surface area contributed by atoms with Gasteiger partial charge in [0.1, 0.15) is 6.04 Å². The Kier molecular flexibility index (Phi) is 6.67. The van der Waals surface area contributed by atoms with Crippen molar-refractivity contribution in [2.45, 2.75) is 18.5 Å². The highest BCUT2D eigenvalue weighted by Gasteiger charge is 2.27. The summed E-state index contributed by atoms with van der Waals surface area (Å²) in [5, 5.41) is 15.2. The molecule has 0 radical (unpaired) electrons. The molecule has 0 unspecified atom stereocenters. The Balaban J connectivity index is 1.44. The Labute approximate surface area is 186 Å². The maximum Gasteiger partial charge on any atom is 0.245 e. The number of carbonyl (C=O) groups is 2. The van der Waals surface area contributed by atoms with Crippen molar-refractivity contribution in [2.75, 3.05) is 13.4 Å². The second-order valence-corrected chi connectivity index (χ2v) is 7.40. The Bertz CT molecular complexity index is 1030. The molecule has 1 aliphatic heterocycles. The van der Waals surface area contributed by atoms with Gasteiger partial charge in [0, 0.05) is 6.54 Å². The number of carbonyl (C=O) groups excluding carboxylic acids is 2. The summed E-state index contributed by atoms with van der Waals surface area (Å²) < 4.78 is 10.6. The summed E-state index contributed by atoms with van der Waals surface area (Å²) in [5.74, 6) is -0.156. The Morgan fingerprint density at radius 2 is 1.47 bits per heavy atom. The van der Waals surface area contributed by atoms with Crippen LogP contribution >= 0.6 is 0 Å². The van der Waals surface area contributed by atoms with E-state index in [1.54, 1.807) is 12.1 Å². The predicted molar refractivity (Wildman–Crippen MR) is 118 cm³/mol. The first-order valence-corrected chi connectivity index (χ1v) is 10.3. The van der Waals surface area contributed by atoms with E-state index in [1.165, 1.54) is 0 Å². The minimum atomic E-state index is -1.08. The number of hydrogen-bond donors (Lipinski definition) is 3. The summed E-state index contributed by atoms with van der Waals surface area (Å²) in [6, 6.07) is 23.0. The van der Waals surface area contributed by atoms with Crippen molar-refractivity contribution >= 4 is 11.8 Å². The van der Waals surface area contributed by atoms with Gasteiger partial charge in [-0.2, -0.15) is 0 Å². The fraction of sp³-hybridized carbons (Fsp3) is 0.200. The SMILES string of the molecule is O=C(N[C@@H](CO)C(=O)NCc1ccc2c(c1)OCO2)C(c1ccccc1)c1ccccc1. The van der Waals surface area contributed by atoms with Crippen LogP contribution < -0.4 is 20.1 Å². The number of amides is 2. The average molecular weight is 432 g/mol. The van der Waals surface area contributed by atoms with Gasteiger partial charge in [0.15, 0.2) is 11.5 Å². The zero-order valence-electron chi connectivity index (χ0n) is 17.4. The molecule has 1 heterocycles. The molecule has 3 N–H and O–H groups in total. The fourth-order valence-corrected chi connectivity index (χ4v) is 3.60. The monoisotopic (exact) mass is 432 g/mol. The van der Waals surface area contributed by atoms with Gasteiger partial charge in [-0.1, -0.05) is 66.7 Å². The van der Waals surface area contributed by atoms with Gasteiger partial charge in [-0.15, -0.1) is 0 Å². The van der Waals surface area contributed by atoms with Crippen LogP contribution in [0.2, 0.25) is 0 Å². The van der Waals surface area contributed by atoms with Crippen LogP contribution in [0.1, 0.15) is 22.6 Å². The molecule has 0 aromatic heterocycles. The minimum Gasteiger partial charge on any atom is -0.454 e. The molecule has 1 aliphatic rings. The first-order valence-electron chi connectivity index (χ1n) is 10.3. The van der Waals surface area contributed by atoms with Crippen molar-refractivity contribution in [3.63, 3.8) is 0 Å². The third-order valence-electron chi connectivity index (χ3n) is 5.25. The van der Waals surface area contributed by atoms with Crippen molar-refractivity contribution < 1.29 is 24.2 Å². The van der Waals surface area contributed by atoms with E-state index in [1.807, 2.05) is 66.7 Å². The van der Waals surface area contributed by atoms with Gasteiger partial charge in [0.05, 0.1) is 12.5 Å². The minimum absolute atomic E-state index is 0.174. The molecule has 164 valence electrons. The zero-order chi connectivity index (χ0) is 22.3. The molecule has 7 nitrogen and oxygen atoms in total. The van der Waals surface area contributed by atoms with Crippen LogP contribution in [0, 0.1) is 0 Å². The van der Waals surface area contributed by atoms with Crippen LogP contribution in [-0.2, 0) is 16.1 Å². The van der Waals surface area contributed by atoms with Crippen molar-refractivity contribution in [1.82, 2.24) is 10.6 Å². The quantitative estimate of drug-likeness (QED) is 0.508. The number of ether oxygens (including phenoxy) is 2. The second-order valence-electron chi connectivity index (χ2n) is 7.40. The topological polar surface area (TPSA) is 96.9 Å². The fourth-order valence-electron chi connectivity index (χ4n) is 3.60. The van der Waals surface area contributed by atoms with E-state index in [-0.39, 0.29) is 19.2 Å². The van der Waals surface area contributed by atoms with Crippen molar-refractivity contribution in [3.8, 4) is 11.5 Å². The molecule has 0 saturated heterocycles. The van der Waals surface area contributed by atoms with Crippen LogP contribution in [0.3, 0.4) is 0 Å². The van der Waals surface area contributed by atoms with Crippen LogP contribution in [0.5, 0.6) is 11.5 Å². The smallest absolute Gasteiger partial charge is 0.245 e. The lowest BCUT2D eigenvalue weighted by molar-refractivity contribution is -0.130. The van der Waals surface area contributed by atoms with E-state index in [4.69, 9.17) is 9.47 Å². The second kappa shape index (κ2) is 9.98. The molecule has 3 aromatic rings. The molecule has 4 rings (SSSR count). The van der Waals surface area contributed by atoms with Gasteiger partial charge in [-0.3, -0.25) is 9.59 Å². The van der Waals surface area contributed by atoms with Gasteiger partial charge < -0.3 is 25.2 Å². The predicted octanol–water partition coefficient (Wildman–Crippen LogP) is 2.34. The normalized spacial score (nSPS) is 12.9. The number of benzene rings is 3. The third-order valence-corrected chi connectivity index (χ3v) is 5.25. The van der Waals surface area contributed by atoms with Gasteiger partial charge in [-0.25, -0.2) is 0 Å². The maximum absolute atomic E-state index is 13.2. The highest BCUT2D eigenvalue weighted by molar-refractivity contribution is 5.92. The molecule has 0 spiro atoms. The van der Waals surface area contributed by atoms with E-state index >= 15 is 0 Å². The molecule has 7 heteroatoms. The Morgan fingerprint density at radius 3 is 2.09 bits per heavy atom. The summed E-state index contributed by atoms with van der Waals surface area (Å²) in [4.78, 5) is 25.9. The lowest BCUT2D eigenvalue weighted by Crippen LogP contribution is -2.50. The molecule has 0 aliphatic carbocycles. The molecule has 0 fully saturated rings. The zero-order valence-corrected chi connectivity index (χ0v) is 17.4. The first-order chi connectivity index (χ1) is 15.7. The van der Waals surface area contributed by atoms with Gasteiger partial charge in [-0.05, 0) is 28.8 Å². The van der Waals surface area contributed by atoms with E-state index in [2.05, 4.69) is 10.6 Å². The lowest BCUT2D eigenvalue weighted by Gasteiger charge is -2.22. The van der Waals surface area contributed by atoms with Gasteiger partial charge >= 0.3 is 0 Å². The van der Waals surface area contributed by atoms with Crippen LogP contribution in [0.15, 0.2) is 78.9 Å². The largest absolute Gasteiger partial charge is 0.454 e. The van der Waals surface area contributed by atoms with Gasteiger partial charge in [0.2, 0.25) is 18.6 Å². The number of aliphatic hydroxyl groups excluding tert-OH is 1.